The van der Waals surface area contributed by atoms with Gasteiger partial charge >= 0.3 is 0 Å². The average Bonchev–Trinajstić information content (AvgIpc) is 2.05. The molecule has 1 N–H and O–H groups in total. The van der Waals surface area contributed by atoms with Crippen molar-refractivity contribution in [2.45, 2.75) is 12.7 Å². The zero-order valence-electron chi connectivity index (χ0n) is 6.94. The van der Waals surface area contributed by atoms with Crippen LogP contribution in [0.25, 0.3) is 0 Å². The monoisotopic (exact) mass is 165 g/mol. The molecule has 0 aromatic heterocycles. The molecule has 2 nitrogen and oxygen atoms in total. The Morgan fingerprint density at radius 2 is 2.00 bits per heavy atom. The molecule has 2 heteroatoms. The lowest BCUT2D eigenvalue weighted by atomic mass is 10.2. The summed E-state index contributed by atoms with van der Waals surface area (Å²) >= 11 is 0. The molecule has 0 aliphatic heterocycles. The Balaban J connectivity index is 2.25. The molecule has 0 amide bonds. The van der Waals surface area contributed by atoms with Gasteiger partial charge in [0.1, 0.15) is 0 Å². The van der Waals surface area contributed by atoms with Crippen molar-refractivity contribution < 1.29 is 9.84 Å². The largest absolute Gasteiger partial charge is 0.391 e. The maximum absolute atomic E-state index is 8.79. The van der Waals surface area contributed by atoms with Gasteiger partial charge in [-0.2, -0.15) is 0 Å². The summed E-state index contributed by atoms with van der Waals surface area (Å²) in [7, 11) is 0. The summed E-state index contributed by atoms with van der Waals surface area (Å²) in [6.07, 6.45) is -0.631. The first-order valence-electron chi connectivity index (χ1n) is 3.92. The second-order valence-corrected chi connectivity index (χ2v) is 2.65. The van der Waals surface area contributed by atoms with E-state index in [0.29, 0.717) is 6.61 Å². The topological polar surface area (TPSA) is 29.5 Å². The van der Waals surface area contributed by atoms with Crippen LogP contribution < -0.4 is 0 Å². The summed E-state index contributed by atoms with van der Waals surface area (Å²) < 4.78 is 5.17. The van der Waals surface area contributed by atoms with Gasteiger partial charge in [0.05, 0.1) is 19.3 Å². The van der Waals surface area contributed by atoms with Gasteiger partial charge in [-0.25, -0.2) is 0 Å². The molecule has 12 heavy (non-hydrogen) atoms. The summed E-state index contributed by atoms with van der Waals surface area (Å²) in [4.78, 5) is 0. The van der Waals surface area contributed by atoms with Crippen molar-refractivity contribution in [2.24, 2.45) is 0 Å². The molecule has 0 heterocycles. The zero-order chi connectivity index (χ0) is 8.81. The number of aliphatic hydroxyl groups excluding tert-OH is 1. The number of rotatable bonds is 4. The van der Waals surface area contributed by atoms with Crippen molar-refractivity contribution >= 4 is 0 Å². The Morgan fingerprint density at radius 1 is 1.33 bits per heavy atom. The minimum absolute atomic E-state index is 0.287. The van der Waals surface area contributed by atoms with E-state index >= 15 is 0 Å². The highest BCUT2D eigenvalue weighted by Gasteiger charge is 1.95. The fourth-order valence-electron chi connectivity index (χ4n) is 0.887. The molecule has 1 unspecified atom stereocenters. The molecule has 1 aromatic carbocycles. The maximum Gasteiger partial charge on any atom is 0.0774 e. The highest BCUT2D eigenvalue weighted by Crippen LogP contribution is 2.00. The molecule has 0 bridgehead atoms. The number of hydrogen-bond acceptors (Lipinski definition) is 2. The molecule has 1 radical (unpaired) electrons. The second-order valence-electron chi connectivity index (χ2n) is 2.65. The van der Waals surface area contributed by atoms with Gasteiger partial charge in [-0.3, -0.25) is 0 Å². The summed E-state index contributed by atoms with van der Waals surface area (Å²) in [5.74, 6) is 0. The molecule has 0 aliphatic carbocycles. The number of hydrogen-bond donors (Lipinski definition) is 1. The summed E-state index contributed by atoms with van der Waals surface area (Å²) in [6, 6.07) is 9.84. The Labute approximate surface area is 72.8 Å². The standard InChI is InChI=1S/C10H13O2/c1-9(11)7-12-8-10-5-3-2-4-6-10/h2-6,9,11H,1,7-8H2. The van der Waals surface area contributed by atoms with E-state index in [2.05, 4.69) is 6.92 Å². The van der Waals surface area contributed by atoms with E-state index in [0.717, 1.165) is 5.56 Å². The van der Waals surface area contributed by atoms with Crippen LogP contribution in [0.3, 0.4) is 0 Å². The van der Waals surface area contributed by atoms with Gasteiger partial charge < -0.3 is 9.84 Å². The molecule has 1 rings (SSSR count). The Kier molecular flexibility index (Phi) is 3.77. The van der Waals surface area contributed by atoms with Gasteiger partial charge in [0, 0.05) is 0 Å². The SMILES string of the molecule is [CH2]C(O)COCc1ccccc1. The molecule has 0 spiro atoms. The first-order chi connectivity index (χ1) is 5.79. The minimum Gasteiger partial charge on any atom is -0.391 e. The van der Waals surface area contributed by atoms with Crippen LogP contribution in [0.4, 0.5) is 0 Å². The van der Waals surface area contributed by atoms with Gasteiger partial charge in [0.2, 0.25) is 0 Å². The predicted octanol–water partition coefficient (Wildman–Crippen LogP) is 1.40. The number of ether oxygens (including phenoxy) is 1. The first-order valence-corrected chi connectivity index (χ1v) is 3.92. The summed E-state index contributed by atoms with van der Waals surface area (Å²) in [6.45, 7) is 4.22. The maximum atomic E-state index is 8.79. The third kappa shape index (κ3) is 3.51. The van der Waals surface area contributed by atoms with Gasteiger partial charge in [-0.15, -0.1) is 0 Å². The lowest BCUT2D eigenvalue weighted by Crippen LogP contribution is -2.10. The van der Waals surface area contributed by atoms with Crippen LogP contribution in [0.1, 0.15) is 5.56 Å². The van der Waals surface area contributed by atoms with Crippen LogP contribution in [0.2, 0.25) is 0 Å². The Morgan fingerprint density at radius 3 is 2.58 bits per heavy atom. The lowest BCUT2D eigenvalue weighted by molar-refractivity contribution is 0.0491. The van der Waals surface area contributed by atoms with E-state index in [1.54, 1.807) is 0 Å². The number of benzene rings is 1. The quantitative estimate of drug-likeness (QED) is 0.730. The molecular weight excluding hydrogens is 152 g/mol. The average molecular weight is 165 g/mol. The van der Waals surface area contributed by atoms with E-state index in [1.807, 2.05) is 30.3 Å². The highest BCUT2D eigenvalue weighted by atomic mass is 16.5. The molecular formula is C10H13O2. The summed E-state index contributed by atoms with van der Waals surface area (Å²) in [5.41, 5.74) is 1.11. The molecule has 65 valence electrons. The van der Waals surface area contributed by atoms with Crippen molar-refractivity contribution in [2.75, 3.05) is 6.61 Å². The van der Waals surface area contributed by atoms with Crippen molar-refractivity contribution in [1.82, 2.24) is 0 Å². The van der Waals surface area contributed by atoms with Gasteiger partial charge in [-0.1, -0.05) is 30.3 Å². The molecule has 0 saturated heterocycles. The third-order valence-corrected chi connectivity index (χ3v) is 1.42. The fraction of sp³-hybridized carbons (Fsp3) is 0.300. The van der Waals surface area contributed by atoms with Crippen LogP contribution in [-0.2, 0) is 11.3 Å². The van der Waals surface area contributed by atoms with Crippen molar-refractivity contribution in [3.63, 3.8) is 0 Å². The van der Waals surface area contributed by atoms with E-state index in [9.17, 15) is 0 Å². The predicted molar refractivity (Wildman–Crippen MR) is 47.5 cm³/mol. The molecule has 0 fully saturated rings. The Hall–Kier alpha value is -0.860. The Bertz CT molecular complexity index is 206. The minimum atomic E-state index is -0.631. The smallest absolute Gasteiger partial charge is 0.0774 e. The van der Waals surface area contributed by atoms with E-state index in [1.165, 1.54) is 0 Å². The van der Waals surface area contributed by atoms with Crippen molar-refractivity contribution in [3.05, 3.63) is 42.8 Å². The van der Waals surface area contributed by atoms with Gasteiger partial charge in [0.15, 0.2) is 0 Å². The first kappa shape index (κ1) is 9.23. The molecule has 1 atom stereocenters. The van der Waals surface area contributed by atoms with Crippen LogP contribution in [0, 0.1) is 6.92 Å². The van der Waals surface area contributed by atoms with Crippen LogP contribution in [-0.4, -0.2) is 17.8 Å². The molecule has 1 aromatic rings. The van der Waals surface area contributed by atoms with Gasteiger partial charge in [0.25, 0.3) is 0 Å². The van der Waals surface area contributed by atoms with Crippen molar-refractivity contribution in [3.8, 4) is 0 Å². The van der Waals surface area contributed by atoms with E-state index < -0.39 is 6.10 Å². The van der Waals surface area contributed by atoms with Crippen LogP contribution >= 0.6 is 0 Å². The van der Waals surface area contributed by atoms with Gasteiger partial charge in [-0.05, 0) is 12.5 Å². The zero-order valence-corrected chi connectivity index (χ0v) is 6.94. The molecule has 0 saturated carbocycles. The van der Waals surface area contributed by atoms with E-state index in [4.69, 9.17) is 9.84 Å². The van der Waals surface area contributed by atoms with Crippen LogP contribution in [0.15, 0.2) is 30.3 Å². The normalized spacial score (nSPS) is 12.8. The third-order valence-electron chi connectivity index (χ3n) is 1.42. The summed E-state index contributed by atoms with van der Waals surface area (Å²) in [5, 5.41) is 8.79. The second kappa shape index (κ2) is 4.91. The highest BCUT2D eigenvalue weighted by molar-refractivity contribution is 5.13. The fourth-order valence-corrected chi connectivity index (χ4v) is 0.887. The lowest BCUT2D eigenvalue weighted by Gasteiger charge is -2.05. The molecule has 0 aliphatic rings. The van der Waals surface area contributed by atoms with E-state index in [-0.39, 0.29) is 6.61 Å². The van der Waals surface area contributed by atoms with Crippen molar-refractivity contribution in [1.29, 1.82) is 0 Å². The number of aliphatic hydroxyl groups is 1. The van der Waals surface area contributed by atoms with Crippen LogP contribution in [0.5, 0.6) is 0 Å².